The molecule has 2 unspecified atom stereocenters. The van der Waals surface area contributed by atoms with Crippen LogP contribution in [-0.4, -0.2) is 74.7 Å². The fraction of sp³-hybridized carbons (Fsp3) is 0.0185. The predicted octanol–water partition coefficient (Wildman–Crippen LogP) is 24.8. The van der Waals surface area contributed by atoms with Crippen molar-refractivity contribution in [1.29, 1.82) is 0 Å². The molecule has 0 bridgehead atoms. The predicted molar refractivity (Wildman–Crippen MR) is 508 cm³/mol. The maximum atomic E-state index is 5.40. The van der Waals surface area contributed by atoms with E-state index < -0.39 is 0 Å². The van der Waals surface area contributed by atoms with Gasteiger partial charge in [0.15, 0.2) is 11.7 Å². The fourth-order valence-corrected chi connectivity index (χ4v) is 21.1. The quantitative estimate of drug-likeness (QED) is 0.148. The van der Waals surface area contributed by atoms with E-state index in [0.29, 0.717) is 28.8 Å². The number of para-hydroxylation sites is 10. The summed E-state index contributed by atoms with van der Waals surface area (Å²) in [5, 5.41) is 26.2. The molecule has 0 spiro atoms. The van der Waals surface area contributed by atoms with Crippen LogP contribution in [0, 0.1) is 0 Å². The van der Waals surface area contributed by atoms with Gasteiger partial charge in [0.2, 0.25) is 11.9 Å². The van der Waals surface area contributed by atoms with Gasteiger partial charge in [0.05, 0.1) is 101 Å². The van der Waals surface area contributed by atoms with Crippen LogP contribution in [0.3, 0.4) is 0 Å². The second-order valence-electron chi connectivity index (χ2n) is 32.7. The average molecular weight is 1590 g/mol. The fourth-order valence-electron chi connectivity index (χ4n) is 21.1. The first kappa shape index (κ1) is 67.1. The molecule has 578 valence electrons. The number of fused-ring (bicyclic) bond motifs is 28. The Kier molecular flexibility index (Phi) is 13.7. The highest BCUT2D eigenvalue weighted by molar-refractivity contribution is 6.29. The molecule has 0 aliphatic carbocycles. The molecule has 0 amide bonds. The highest BCUT2D eigenvalue weighted by Gasteiger charge is 2.33. The monoisotopic (exact) mass is 1590 g/mol. The molecule has 28 rings (SSSR count). The van der Waals surface area contributed by atoms with Gasteiger partial charge in [-0.1, -0.05) is 218 Å². The minimum absolute atomic E-state index is 0.314. The second kappa shape index (κ2) is 25.4. The van der Waals surface area contributed by atoms with E-state index in [1.807, 2.05) is 24.8 Å². The van der Waals surface area contributed by atoms with Crippen LogP contribution in [0.4, 0.5) is 0 Å². The van der Waals surface area contributed by atoms with Crippen molar-refractivity contribution in [2.24, 2.45) is 9.98 Å². The van der Waals surface area contributed by atoms with Crippen LogP contribution in [0.1, 0.15) is 6.17 Å². The number of nitrogens with one attached hydrogen (secondary N) is 2. The van der Waals surface area contributed by atoms with E-state index in [2.05, 4.69) is 399 Å². The van der Waals surface area contributed by atoms with Crippen molar-refractivity contribution in [1.82, 2.24) is 67.1 Å². The van der Waals surface area contributed by atoms with Crippen molar-refractivity contribution in [3.05, 3.63) is 370 Å². The van der Waals surface area contributed by atoms with Gasteiger partial charge in [-0.2, -0.15) is 0 Å². The Morgan fingerprint density at radius 2 is 0.645 bits per heavy atom. The third-order valence-electron chi connectivity index (χ3n) is 26.3. The Morgan fingerprint density at radius 3 is 1.19 bits per heavy atom. The maximum Gasteiger partial charge on any atom is 0.235 e. The molecule has 2 atom stereocenters. The molecule has 2 aliphatic heterocycles. The van der Waals surface area contributed by atoms with Crippen LogP contribution in [0.15, 0.2) is 380 Å². The summed E-state index contributed by atoms with van der Waals surface area (Å²) in [7, 11) is 0. The molecule has 0 saturated carbocycles. The van der Waals surface area contributed by atoms with Gasteiger partial charge < -0.3 is 28.2 Å². The third kappa shape index (κ3) is 9.36. The Bertz CT molecular complexity index is 9280. The maximum absolute atomic E-state index is 5.40. The number of benzene rings is 16. The first-order valence-electron chi connectivity index (χ1n) is 42.0. The zero-order valence-corrected chi connectivity index (χ0v) is 66.2. The third-order valence-corrected chi connectivity index (χ3v) is 26.3. The van der Waals surface area contributed by atoms with E-state index in [1.165, 1.54) is 43.4 Å². The summed E-state index contributed by atoms with van der Waals surface area (Å²) in [5.41, 5.74) is 25.3. The van der Waals surface area contributed by atoms with Gasteiger partial charge in [0.1, 0.15) is 23.4 Å². The molecule has 12 heterocycles. The van der Waals surface area contributed by atoms with Gasteiger partial charge in [0, 0.05) is 121 Å². The summed E-state index contributed by atoms with van der Waals surface area (Å²) in [5.74, 6) is 2.51. The summed E-state index contributed by atoms with van der Waals surface area (Å²) < 4.78 is 18.7. The lowest BCUT2D eigenvalue weighted by molar-refractivity contribution is 0.465. The summed E-state index contributed by atoms with van der Waals surface area (Å²) in [6.45, 7) is 0. The van der Waals surface area contributed by atoms with Crippen molar-refractivity contribution in [2.75, 3.05) is 0 Å². The molecule has 10 aromatic heterocycles. The van der Waals surface area contributed by atoms with E-state index in [1.54, 1.807) is 0 Å². The lowest BCUT2D eigenvalue weighted by atomic mass is 10.0. The van der Waals surface area contributed by atoms with Crippen LogP contribution in [0.25, 0.3) is 237 Å². The lowest BCUT2D eigenvalue weighted by Crippen LogP contribution is -2.53. The summed E-state index contributed by atoms with van der Waals surface area (Å²) >= 11 is 0. The highest BCUT2D eigenvalue weighted by atomic mass is 15.3. The number of rotatable bonds is 9. The first-order valence-corrected chi connectivity index (χ1v) is 42.0. The minimum Gasteiger partial charge on any atom is -0.366 e. The number of hydrogen-bond acceptors (Lipinski definition) is 8. The van der Waals surface area contributed by atoms with E-state index in [4.69, 9.17) is 29.9 Å². The number of aromatic nitrogens is 12. The van der Waals surface area contributed by atoms with Crippen molar-refractivity contribution >= 4 is 203 Å². The zero-order chi connectivity index (χ0) is 80.7. The standard InChI is InChI=1S/C108H66N16/c1-3-25-65(26-4-1)117-85-38-15-9-33-72(85)80-58-98-82(56-95(80)117)74-35-12-20-43-90(74)124(98)108-112-60-83-84(114-108)59-111-107(113-83)123-92-45-22-14-37-78(92)102-94(123)53-51-76-70-31-8-18-41-88(70)120(104(76)102)68-29-23-24-64(54-68)63-46-48-67(49-47-63)118-86-39-16-10-32-71(86)79-57-97-81(55-96(79)118)73-34-11-19-42-89(73)122(97)100-62-110-105-106(116-100)109-61-99(115-105)121-91-44-21-13-36-77(91)101-93(121)52-50-75-69-30-7-17-40-87(69)119(103(75)101)66-27-5-2-6-28-66/h1-62,100,106,109,116H. The van der Waals surface area contributed by atoms with Crippen LogP contribution in [0.5, 0.6) is 0 Å². The first-order chi connectivity index (χ1) is 61.5. The van der Waals surface area contributed by atoms with E-state index in [-0.39, 0.29) is 12.3 Å². The number of aliphatic imine (C=N–C) groups is 2. The smallest absolute Gasteiger partial charge is 0.235 e. The van der Waals surface area contributed by atoms with Gasteiger partial charge in [0.25, 0.3) is 0 Å². The van der Waals surface area contributed by atoms with Crippen molar-refractivity contribution < 1.29 is 0 Å². The largest absolute Gasteiger partial charge is 0.366 e. The molecule has 16 nitrogen and oxygen atoms in total. The highest BCUT2D eigenvalue weighted by Crippen LogP contribution is 2.48. The SMILES string of the molecule is C1=NC2=NC(n3c4ccccc4c4c3ccc3c5ccccc5n(-c5ccccc5)c34)=CNC2NC1n1c2ccccc2c2cc3c(cc21)c1ccccc1n3-c1ccc(-c2cccc(-n3c4ccccc4c4ccc5c(c6ccccc6n5-c5ncc6nc(-n7c8ccccc8c8cc9c(cc87)c7ccccc7n9-c7ccccc7)ncc6n5)c43)c2)cc1. The van der Waals surface area contributed by atoms with Crippen molar-refractivity contribution in [3.8, 4) is 45.8 Å². The number of hydrogen-bond donors (Lipinski definition) is 2. The molecule has 0 radical (unpaired) electrons. The molecule has 0 saturated heterocycles. The molecule has 124 heavy (non-hydrogen) atoms. The molecule has 2 N–H and O–H groups in total. The van der Waals surface area contributed by atoms with Crippen LogP contribution in [-0.2, 0) is 0 Å². The Hall–Kier alpha value is -16.8. The molecular formula is C108H66N16. The Balaban J connectivity index is 0.516. The summed E-state index contributed by atoms with van der Waals surface area (Å²) in [6.07, 6.45) is 7.09. The van der Waals surface area contributed by atoms with Crippen LogP contribution in [0.2, 0.25) is 0 Å². The molecule has 2 aliphatic rings. The van der Waals surface area contributed by atoms with Gasteiger partial charge in [-0.15, -0.1) is 0 Å². The molecule has 16 aromatic carbocycles. The number of amidine groups is 1. The summed E-state index contributed by atoms with van der Waals surface area (Å²) in [4.78, 5) is 31.7. The molecule has 0 fully saturated rings. The molecular weight excluding hydrogens is 1520 g/mol. The van der Waals surface area contributed by atoms with E-state index in [9.17, 15) is 0 Å². The Morgan fingerprint density at radius 1 is 0.258 bits per heavy atom. The lowest BCUT2D eigenvalue weighted by Gasteiger charge is -2.31. The van der Waals surface area contributed by atoms with Gasteiger partial charge in [-0.05, 0) is 145 Å². The summed E-state index contributed by atoms with van der Waals surface area (Å²) in [6, 6.07) is 127. The average Bonchev–Trinajstić information content (AvgIpc) is 1.55. The Labute approximate surface area is 704 Å². The van der Waals surface area contributed by atoms with Crippen LogP contribution >= 0.6 is 0 Å². The van der Waals surface area contributed by atoms with Gasteiger partial charge in [-0.3, -0.25) is 19.0 Å². The van der Waals surface area contributed by atoms with Gasteiger partial charge >= 0.3 is 0 Å². The number of nitrogens with zero attached hydrogens (tertiary/aromatic N) is 14. The second-order valence-corrected chi connectivity index (χ2v) is 32.7. The molecule has 16 heteroatoms. The normalized spacial score (nSPS) is 14.5. The molecule has 26 aromatic rings. The van der Waals surface area contributed by atoms with Crippen molar-refractivity contribution in [2.45, 2.75) is 12.3 Å². The van der Waals surface area contributed by atoms with Gasteiger partial charge in [-0.25, -0.2) is 29.9 Å². The van der Waals surface area contributed by atoms with Crippen molar-refractivity contribution in [3.63, 3.8) is 0 Å². The zero-order valence-electron chi connectivity index (χ0n) is 66.2. The topological polar surface area (TPSA) is 140 Å². The van der Waals surface area contributed by atoms with E-state index in [0.717, 1.165) is 171 Å². The van der Waals surface area contributed by atoms with Crippen LogP contribution < -0.4 is 10.6 Å². The van der Waals surface area contributed by atoms with E-state index >= 15 is 0 Å². The minimum atomic E-state index is -0.365.